The van der Waals surface area contributed by atoms with E-state index in [1.165, 1.54) is 32.1 Å². The monoisotopic (exact) mass is 422 g/mol. The molecule has 9 heteroatoms. The molecule has 3 aliphatic rings. The van der Waals surface area contributed by atoms with Crippen molar-refractivity contribution in [1.82, 2.24) is 9.80 Å². The Morgan fingerprint density at radius 3 is 2.10 bits per heavy atom. The molecule has 0 aromatic rings. The van der Waals surface area contributed by atoms with E-state index >= 15 is 0 Å². The van der Waals surface area contributed by atoms with Crippen molar-refractivity contribution < 1.29 is 32.6 Å². The van der Waals surface area contributed by atoms with Crippen LogP contribution in [0.25, 0.3) is 0 Å². The molecule has 0 bridgehead atoms. The van der Waals surface area contributed by atoms with Crippen LogP contribution in [0.15, 0.2) is 0 Å². The first-order valence-electron chi connectivity index (χ1n) is 10.4. The Morgan fingerprint density at radius 1 is 1.07 bits per heavy atom. The first-order chi connectivity index (χ1) is 13.6. The highest BCUT2D eigenvalue weighted by Gasteiger charge is 2.46. The standard InChI is InChI=1S/C18H32N2O2.C2HF3O2/c1-19-16(14-22-2)8-9-18(19)10-12-20(13-11-18)17(21)15-6-4-3-5-7-15;3-2(4,5)1(6)7/h15-16H,3-14H2,1-2H3;(H,6,7). The minimum Gasteiger partial charge on any atom is -0.475 e. The average Bonchev–Trinajstić information content (AvgIpc) is 2.98. The van der Waals surface area contributed by atoms with Gasteiger partial charge in [0.05, 0.1) is 6.61 Å². The molecule has 1 aliphatic carbocycles. The normalized spacial score (nSPS) is 25.6. The van der Waals surface area contributed by atoms with E-state index in [1.54, 1.807) is 7.11 Å². The van der Waals surface area contributed by atoms with Crippen LogP contribution in [0.4, 0.5) is 13.2 Å². The minimum absolute atomic E-state index is 0.324. The summed E-state index contributed by atoms with van der Waals surface area (Å²) in [5, 5.41) is 7.12. The lowest BCUT2D eigenvalue weighted by Gasteiger charge is -2.45. The second-order valence-corrected chi connectivity index (χ2v) is 8.45. The Bertz CT molecular complexity index is 556. The van der Waals surface area contributed by atoms with Gasteiger partial charge >= 0.3 is 12.1 Å². The predicted molar refractivity (Wildman–Crippen MR) is 101 cm³/mol. The summed E-state index contributed by atoms with van der Waals surface area (Å²) in [5.74, 6) is -1.98. The third-order valence-electron chi connectivity index (χ3n) is 6.80. The van der Waals surface area contributed by atoms with E-state index < -0.39 is 12.1 Å². The van der Waals surface area contributed by atoms with Crippen molar-refractivity contribution >= 4 is 11.9 Å². The molecule has 1 unspecified atom stereocenters. The van der Waals surface area contributed by atoms with Gasteiger partial charge in [-0.3, -0.25) is 9.69 Å². The number of rotatable bonds is 3. The summed E-state index contributed by atoms with van der Waals surface area (Å²) in [4.78, 5) is 26.3. The van der Waals surface area contributed by atoms with Gasteiger partial charge in [-0.15, -0.1) is 0 Å². The highest BCUT2D eigenvalue weighted by molar-refractivity contribution is 5.79. The fraction of sp³-hybridized carbons (Fsp3) is 0.900. The van der Waals surface area contributed by atoms with E-state index in [9.17, 15) is 18.0 Å². The van der Waals surface area contributed by atoms with E-state index in [2.05, 4.69) is 16.8 Å². The molecule has 1 amide bonds. The van der Waals surface area contributed by atoms with E-state index in [4.69, 9.17) is 14.6 Å². The van der Waals surface area contributed by atoms with E-state index in [0.29, 0.717) is 23.4 Å². The molecule has 1 spiro atoms. The Labute approximate surface area is 170 Å². The van der Waals surface area contributed by atoms with Gasteiger partial charge in [-0.25, -0.2) is 4.79 Å². The third kappa shape index (κ3) is 6.07. The number of halogens is 3. The first-order valence-corrected chi connectivity index (χ1v) is 10.4. The van der Waals surface area contributed by atoms with Crippen molar-refractivity contribution in [2.24, 2.45) is 5.92 Å². The summed E-state index contributed by atoms with van der Waals surface area (Å²) in [6.07, 6.45) is 5.75. The molecule has 2 heterocycles. The van der Waals surface area contributed by atoms with Crippen LogP contribution in [0, 0.1) is 5.92 Å². The number of ether oxygens (including phenoxy) is 1. The summed E-state index contributed by atoms with van der Waals surface area (Å²) in [7, 11) is 4.06. The van der Waals surface area contributed by atoms with E-state index in [1.807, 2.05) is 0 Å². The number of aliphatic carboxylic acids is 1. The van der Waals surface area contributed by atoms with Gasteiger partial charge in [0.25, 0.3) is 0 Å². The number of carbonyl (C=O) groups excluding carboxylic acids is 1. The summed E-state index contributed by atoms with van der Waals surface area (Å²) in [6.45, 7) is 2.75. The molecule has 2 saturated heterocycles. The van der Waals surface area contributed by atoms with Crippen LogP contribution >= 0.6 is 0 Å². The zero-order chi connectivity index (χ0) is 21.7. The summed E-state index contributed by atoms with van der Waals surface area (Å²) in [5.41, 5.74) is 0.326. The number of carboxylic acid groups (broad SMARTS) is 1. The first kappa shape index (κ1) is 23.9. The molecule has 1 atom stereocenters. The zero-order valence-electron chi connectivity index (χ0n) is 17.3. The van der Waals surface area contributed by atoms with Gasteiger partial charge in [0.2, 0.25) is 5.91 Å². The molecule has 3 fully saturated rings. The van der Waals surface area contributed by atoms with Gasteiger partial charge in [-0.2, -0.15) is 13.2 Å². The number of nitrogens with zero attached hydrogens (tertiary/aromatic N) is 2. The third-order valence-corrected chi connectivity index (χ3v) is 6.80. The second kappa shape index (κ2) is 10.1. The fourth-order valence-corrected chi connectivity index (χ4v) is 4.93. The molecule has 0 radical (unpaired) electrons. The minimum atomic E-state index is -5.08. The lowest BCUT2D eigenvalue weighted by Crippen LogP contribution is -2.54. The number of carboxylic acids is 1. The van der Waals surface area contributed by atoms with Crippen molar-refractivity contribution in [1.29, 1.82) is 0 Å². The molecule has 3 rings (SSSR count). The molecule has 6 nitrogen and oxygen atoms in total. The number of hydrogen-bond acceptors (Lipinski definition) is 4. The van der Waals surface area contributed by atoms with Crippen molar-refractivity contribution in [3.8, 4) is 0 Å². The van der Waals surface area contributed by atoms with Crippen LogP contribution in [-0.2, 0) is 14.3 Å². The summed E-state index contributed by atoms with van der Waals surface area (Å²) < 4.78 is 37.1. The topological polar surface area (TPSA) is 70.1 Å². The van der Waals surface area contributed by atoms with Crippen LogP contribution < -0.4 is 0 Å². The predicted octanol–water partition coefficient (Wildman–Crippen LogP) is 3.30. The van der Waals surface area contributed by atoms with E-state index in [0.717, 1.165) is 45.4 Å². The van der Waals surface area contributed by atoms with Crippen LogP contribution in [0.2, 0.25) is 0 Å². The van der Waals surface area contributed by atoms with Gasteiger partial charge in [0, 0.05) is 37.7 Å². The average molecular weight is 422 g/mol. The molecular weight excluding hydrogens is 389 g/mol. The van der Waals surface area contributed by atoms with Gasteiger partial charge in [0.1, 0.15) is 0 Å². The van der Waals surface area contributed by atoms with Crippen molar-refractivity contribution in [3.63, 3.8) is 0 Å². The smallest absolute Gasteiger partial charge is 0.475 e. The number of likely N-dealkylation sites (tertiary alicyclic amines) is 2. The van der Waals surface area contributed by atoms with E-state index in [-0.39, 0.29) is 0 Å². The highest BCUT2D eigenvalue weighted by atomic mass is 19.4. The van der Waals surface area contributed by atoms with Gasteiger partial charge in [0.15, 0.2) is 0 Å². The fourth-order valence-electron chi connectivity index (χ4n) is 4.93. The van der Waals surface area contributed by atoms with Gasteiger partial charge < -0.3 is 14.7 Å². The number of alkyl halides is 3. The Morgan fingerprint density at radius 2 is 1.62 bits per heavy atom. The summed E-state index contributed by atoms with van der Waals surface area (Å²) >= 11 is 0. The number of piperidine rings is 1. The van der Waals surface area contributed by atoms with Crippen LogP contribution in [0.1, 0.15) is 57.8 Å². The SMILES string of the molecule is COCC1CCC2(CCN(C(=O)C3CCCCC3)CC2)N1C.O=C(O)C(F)(F)F. The maximum atomic E-state index is 12.7. The largest absolute Gasteiger partial charge is 0.490 e. The lowest BCUT2D eigenvalue weighted by molar-refractivity contribution is -0.192. The second-order valence-electron chi connectivity index (χ2n) is 8.45. The lowest BCUT2D eigenvalue weighted by atomic mass is 9.83. The number of carbonyl (C=O) groups is 2. The Balaban J connectivity index is 0.000000370. The maximum absolute atomic E-state index is 12.7. The molecular formula is C20H33F3N2O4. The number of methoxy groups -OCH3 is 1. The van der Waals surface area contributed by atoms with Crippen LogP contribution in [0.3, 0.4) is 0 Å². The zero-order valence-corrected chi connectivity index (χ0v) is 17.3. The molecule has 0 aromatic heterocycles. The Kier molecular flexibility index (Phi) is 8.34. The summed E-state index contributed by atoms with van der Waals surface area (Å²) in [6, 6.07) is 0.561. The molecule has 0 aromatic carbocycles. The molecule has 168 valence electrons. The van der Waals surface area contributed by atoms with Crippen molar-refractivity contribution in [2.45, 2.75) is 75.5 Å². The van der Waals surface area contributed by atoms with Crippen molar-refractivity contribution in [3.05, 3.63) is 0 Å². The number of likely N-dealkylation sites (N-methyl/N-ethyl adjacent to an activating group) is 1. The molecule has 29 heavy (non-hydrogen) atoms. The molecule has 2 aliphatic heterocycles. The Hall–Kier alpha value is -1.35. The van der Waals surface area contributed by atoms with Gasteiger partial charge in [-0.1, -0.05) is 19.3 Å². The highest BCUT2D eigenvalue weighted by Crippen LogP contribution is 2.41. The number of hydrogen-bond donors (Lipinski definition) is 1. The number of amides is 1. The van der Waals surface area contributed by atoms with Gasteiger partial charge in [-0.05, 0) is 45.6 Å². The maximum Gasteiger partial charge on any atom is 0.490 e. The molecule has 1 N–H and O–H groups in total. The van der Waals surface area contributed by atoms with Crippen LogP contribution in [-0.4, -0.2) is 78.4 Å². The molecule has 1 saturated carbocycles. The van der Waals surface area contributed by atoms with Crippen molar-refractivity contribution in [2.75, 3.05) is 33.9 Å². The quantitative estimate of drug-likeness (QED) is 0.756. The van der Waals surface area contributed by atoms with Crippen LogP contribution in [0.5, 0.6) is 0 Å².